The first-order valence-electron chi connectivity index (χ1n) is 7.31. The van der Waals surface area contributed by atoms with Crippen LogP contribution in [-0.4, -0.2) is 26.2 Å². The summed E-state index contributed by atoms with van der Waals surface area (Å²) in [4.78, 5) is 23.4. The maximum absolute atomic E-state index is 11.9. The first-order valence-corrected chi connectivity index (χ1v) is 8.07. The molecule has 0 aliphatic rings. The van der Waals surface area contributed by atoms with Gasteiger partial charge in [0.1, 0.15) is 11.4 Å². The highest BCUT2D eigenvalue weighted by Gasteiger charge is 2.15. The number of hydrogen-bond acceptors (Lipinski definition) is 6. The number of esters is 2. The molecule has 136 valence electrons. The molecule has 2 aromatic carbocycles. The number of methoxy groups -OCH3 is 2. The summed E-state index contributed by atoms with van der Waals surface area (Å²) in [6.07, 6.45) is 0.984. The first kappa shape index (κ1) is 19.6. The zero-order chi connectivity index (χ0) is 19.1. The minimum Gasteiger partial charge on any atom is -0.466 e. The average molecular weight is 396 g/mol. The highest BCUT2D eigenvalue weighted by atomic mass is 35.5. The van der Waals surface area contributed by atoms with Gasteiger partial charge in [-0.1, -0.05) is 35.3 Å². The molecular weight excluding hydrogens is 381 g/mol. The van der Waals surface area contributed by atoms with Crippen LogP contribution < -0.4 is 10.1 Å². The molecule has 2 aromatic rings. The van der Waals surface area contributed by atoms with E-state index in [1.807, 2.05) is 0 Å². The van der Waals surface area contributed by atoms with Crippen LogP contribution in [0, 0.1) is 0 Å². The fraction of sp³-hybridized carbons (Fsp3) is 0.111. The van der Waals surface area contributed by atoms with Crippen LogP contribution in [0.5, 0.6) is 11.5 Å². The number of ether oxygens (including phenoxy) is 3. The van der Waals surface area contributed by atoms with E-state index in [0.717, 1.165) is 6.08 Å². The van der Waals surface area contributed by atoms with Crippen LogP contribution in [0.1, 0.15) is 0 Å². The fourth-order valence-electron chi connectivity index (χ4n) is 1.91. The quantitative estimate of drug-likeness (QED) is 0.575. The summed E-state index contributed by atoms with van der Waals surface area (Å²) in [6.45, 7) is 0. The van der Waals surface area contributed by atoms with Crippen molar-refractivity contribution in [1.82, 2.24) is 0 Å². The summed E-state index contributed by atoms with van der Waals surface area (Å²) in [5, 5.41) is 3.61. The number of rotatable bonds is 6. The van der Waals surface area contributed by atoms with E-state index < -0.39 is 11.9 Å². The molecule has 0 unspecified atom stereocenters. The molecule has 0 atom stereocenters. The topological polar surface area (TPSA) is 73.9 Å². The number of anilines is 1. The molecule has 0 aromatic heterocycles. The van der Waals surface area contributed by atoms with Gasteiger partial charge >= 0.3 is 11.9 Å². The van der Waals surface area contributed by atoms with Gasteiger partial charge in [0.15, 0.2) is 5.75 Å². The number of para-hydroxylation sites is 2. The third-order valence-corrected chi connectivity index (χ3v) is 3.67. The summed E-state index contributed by atoms with van der Waals surface area (Å²) in [7, 11) is 2.40. The van der Waals surface area contributed by atoms with Crippen molar-refractivity contribution in [3.05, 3.63) is 64.3 Å². The van der Waals surface area contributed by atoms with E-state index in [2.05, 4.69) is 14.8 Å². The first-order chi connectivity index (χ1) is 12.4. The van der Waals surface area contributed by atoms with Gasteiger partial charge in [0, 0.05) is 5.02 Å². The lowest BCUT2D eigenvalue weighted by atomic mass is 10.2. The van der Waals surface area contributed by atoms with Crippen molar-refractivity contribution in [2.45, 2.75) is 0 Å². The molecule has 0 fully saturated rings. The molecule has 26 heavy (non-hydrogen) atoms. The molecule has 0 heterocycles. The van der Waals surface area contributed by atoms with Crippen LogP contribution >= 0.6 is 23.2 Å². The lowest BCUT2D eigenvalue weighted by Gasteiger charge is -2.14. The van der Waals surface area contributed by atoms with E-state index in [4.69, 9.17) is 27.9 Å². The van der Waals surface area contributed by atoms with E-state index in [0.29, 0.717) is 27.2 Å². The van der Waals surface area contributed by atoms with Crippen LogP contribution in [0.4, 0.5) is 5.69 Å². The Morgan fingerprint density at radius 2 is 1.73 bits per heavy atom. The molecule has 0 saturated carbocycles. The molecule has 0 aliphatic carbocycles. The van der Waals surface area contributed by atoms with Crippen molar-refractivity contribution in [3.63, 3.8) is 0 Å². The number of benzene rings is 2. The van der Waals surface area contributed by atoms with Gasteiger partial charge in [-0.2, -0.15) is 0 Å². The molecule has 0 spiro atoms. The Balaban J connectivity index is 2.34. The molecule has 0 radical (unpaired) electrons. The largest absolute Gasteiger partial charge is 0.466 e. The fourth-order valence-corrected chi connectivity index (χ4v) is 2.36. The summed E-state index contributed by atoms with van der Waals surface area (Å²) >= 11 is 12.0. The summed E-state index contributed by atoms with van der Waals surface area (Å²) in [5.41, 5.74) is 0.302. The van der Waals surface area contributed by atoms with Crippen molar-refractivity contribution in [2.24, 2.45) is 0 Å². The zero-order valence-electron chi connectivity index (χ0n) is 13.9. The standard InChI is InChI=1S/C18H15Cl2NO5/c1-24-17(22)10-14(18(23)25-2)21-13-5-3-4-6-16(13)26-15-8-7-11(19)9-12(15)20/h3-10,21H,1-2H3/b14-10-. The number of carbonyl (C=O) groups excluding carboxylic acids is 2. The Morgan fingerprint density at radius 3 is 2.38 bits per heavy atom. The van der Waals surface area contributed by atoms with E-state index in [1.165, 1.54) is 14.2 Å². The number of carbonyl (C=O) groups is 2. The Kier molecular flexibility index (Phi) is 6.89. The van der Waals surface area contributed by atoms with Gasteiger partial charge in [-0.05, 0) is 30.3 Å². The van der Waals surface area contributed by atoms with E-state index >= 15 is 0 Å². The Labute approximate surface area is 160 Å². The van der Waals surface area contributed by atoms with Crippen LogP contribution in [-0.2, 0) is 19.1 Å². The zero-order valence-corrected chi connectivity index (χ0v) is 15.4. The minimum absolute atomic E-state index is 0.113. The second-order valence-electron chi connectivity index (χ2n) is 4.87. The molecule has 1 N–H and O–H groups in total. The van der Waals surface area contributed by atoms with Gasteiger partial charge < -0.3 is 19.5 Å². The maximum atomic E-state index is 11.9. The van der Waals surface area contributed by atoms with Gasteiger partial charge in [-0.15, -0.1) is 0 Å². The second kappa shape index (κ2) is 9.12. The van der Waals surface area contributed by atoms with Crippen LogP contribution in [0.2, 0.25) is 10.0 Å². The molecule has 0 aliphatic heterocycles. The van der Waals surface area contributed by atoms with Crippen molar-refractivity contribution < 1.29 is 23.8 Å². The molecule has 6 nitrogen and oxygen atoms in total. The van der Waals surface area contributed by atoms with E-state index in [9.17, 15) is 9.59 Å². The maximum Gasteiger partial charge on any atom is 0.354 e. The Morgan fingerprint density at radius 1 is 1.00 bits per heavy atom. The van der Waals surface area contributed by atoms with Crippen molar-refractivity contribution in [2.75, 3.05) is 19.5 Å². The van der Waals surface area contributed by atoms with E-state index in [-0.39, 0.29) is 5.70 Å². The van der Waals surface area contributed by atoms with Crippen LogP contribution in [0.25, 0.3) is 0 Å². The number of nitrogens with one attached hydrogen (secondary N) is 1. The van der Waals surface area contributed by atoms with Crippen molar-refractivity contribution in [3.8, 4) is 11.5 Å². The molecule has 0 bridgehead atoms. The van der Waals surface area contributed by atoms with Gasteiger partial charge in [0.05, 0.1) is 31.0 Å². The van der Waals surface area contributed by atoms with Crippen LogP contribution in [0.15, 0.2) is 54.2 Å². The average Bonchev–Trinajstić information content (AvgIpc) is 2.64. The Bertz CT molecular complexity index is 851. The second-order valence-corrected chi connectivity index (χ2v) is 5.71. The molecule has 8 heteroatoms. The SMILES string of the molecule is COC(=O)/C=C(\Nc1ccccc1Oc1ccc(Cl)cc1Cl)C(=O)OC. The monoisotopic (exact) mass is 395 g/mol. The molecule has 0 saturated heterocycles. The predicted molar refractivity (Wildman–Crippen MR) is 98.7 cm³/mol. The van der Waals surface area contributed by atoms with Gasteiger partial charge in [0.25, 0.3) is 0 Å². The normalized spacial score (nSPS) is 10.8. The van der Waals surface area contributed by atoms with Gasteiger partial charge in [0.2, 0.25) is 0 Å². The molecule has 0 amide bonds. The van der Waals surface area contributed by atoms with Crippen LogP contribution in [0.3, 0.4) is 0 Å². The summed E-state index contributed by atoms with van der Waals surface area (Å²) in [5.74, 6) is -0.704. The van der Waals surface area contributed by atoms with Gasteiger partial charge in [-0.3, -0.25) is 0 Å². The minimum atomic E-state index is -0.741. The predicted octanol–water partition coefficient (Wildman–Crippen LogP) is 4.43. The highest BCUT2D eigenvalue weighted by molar-refractivity contribution is 6.35. The van der Waals surface area contributed by atoms with Crippen molar-refractivity contribution in [1.29, 1.82) is 0 Å². The third-order valence-electron chi connectivity index (χ3n) is 3.14. The Hall–Kier alpha value is -2.70. The summed E-state index contributed by atoms with van der Waals surface area (Å²) in [6, 6.07) is 11.6. The lowest BCUT2D eigenvalue weighted by molar-refractivity contribution is -0.138. The molecule has 2 rings (SSSR count). The third kappa shape index (κ3) is 5.15. The number of hydrogen-bond donors (Lipinski definition) is 1. The number of halogens is 2. The highest BCUT2D eigenvalue weighted by Crippen LogP contribution is 2.35. The van der Waals surface area contributed by atoms with Gasteiger partial charge in [-0.25, -0.2) is 9.59 Å². The van der Waals surface area contributed by atoms with E-state index in [1.54, 1.807) is 42.5 Å². The summed E-state index contributed by atoms with van der Waals surface area (Å²) < 4.78 is 15.0. The molecular formula is C18H15Cl2NO5. The lowest BCUT2D eigenvalue weighted by Crippen LogP contribution is -2.15. The smallest absolute Gasteiger partial charge is 0.354 e. The van der Waals surface area contributed by atoms with Crippen molar-refractivity contribution >= 4 is 40.8 Å².